The minimum absolute atomic E-state index is 0.0894. The summed E-state index contributed by atoms with van der Waals surface area (Å²) in [5, 5.41) is 19.6. The van der Waals surface area contributed by atoms with Crippen molar-refractivity contribution in [1.82, 2.24) is 20.2 Å². The molecule has 0 bridgehead atoms. The molecule has 0 amide bonds. The van der Waals surface area contributed by atoms with Crippen molar-refractivity contribution < 1.29 is 5.11 Å². The van der Waals surface area contributed by atoms with Crippen LogP contribution in [0.3, 0.4) is 0 Å². The number of hydrogen-bond acceptors (Lipinski definition) is 6. The third kappa shape index (κ3) is 2.14. The summed E-state index contributed by atoms with van der Waals surface area (Å²) in [6.45, 7) is 3.41. The minimum Gasteiger partial charge on any atom is -0.395 e. The van der Waals surface area contributed by atoms with Crippen LogP contribution in [0.25, 0.3) is 11.0 Å². The first-order valence-electron chi connectivity index (χ1n) is 5.54. The monoisotopic (exact) mass is 236 g/mol. The van der Waals surface area contributed by atoms with Crippen LogP contribution >= 0.6 is 0 Å². The van der Waals surface area contributed by atoms with Gasteiger partial charge in [0.25, 0.3) is 0 Å². The number of hydrogen-bond donors (Lipinski definition) is 3. The predicted octanol–water partition coefficient (Wildman–Crippen LogP) is 0.213. The molecule has 0 atom stereocenters. The fourth-order valence-electron chi connectivity index (χ4n) is 1.71. The Balaban J connectivity index is 2.52. The number of H-pyrrole nitrogens is 1. The Kier molecular flexibility index (Phi) is 3.38. The molecule has 92 valence electrons. The Morgan fingerprint density at radius 1 is 1.47 bits per heavy atom. The largest absolute Gasteiger partial charge is 0.395 e. The van der Waals surface area contributed by atoms with Crippen molar-refractivity contribution in [1.29, 1.82) is 0 Å². The number of aliphatic hydroxyl groups is 1. The van der Waals surface area contributed by atoms with Crippen molar-refractivity contribution in [2.75, 3.05) is 37.0 Å². The number of anilines is 2. The molecule has 0 saturated carbocycles. The zero-order valence-corrected chi connectivity index (χ0v) is 9.93. The van der Waals surface area contributed by atoms with Gasteiger partial charge in [0.15, 0.2) is 5.65 Å². The van der Waals surface area contributed by atoms with E-state index in [0.29, 0.717) is 18.1 Å². The molecule has 0 fully saturated rings. The number of nitrogens with zero attached hydrogens (tertiary/aromatic N) is 4. The molecule has 2 heterocycles. The van der Waals surface area contributed by atoms with Gasteiger partial charge in [-0.3, -0.25) is 5.10 Å². The van der Waals surface area contributed by atoms with E-state index in [1.807, 2.05) is 11.8 Å². The Bertz CT molecular complexity index is 497. The highest BCUT2D eigenvalue weighted by molar-refractivity contribution is 5.87. The molecule has 0 radical (unpaired) electrons. The molecule has 2 rings (SSSR count). The number of rotatable bonds is 5. The minimum atomic E-state index is 0.0894. The van der Waals surface area contributed by atoms with E-state index >= 15 is 0 Å². The third-order valence-corrected chi connectivity index (χ3v) is 2.56. The van der Waals surface area contributed by atoms with Gasteiger partial charge in [-0.05, 0) is 6.92 Å². The van der Waals surface area contributed by atoms with Gasteiger partial charge in [-0.2, -0.15) is 15.1 Å². The first kappa shape index (κ1) is 11.6. The van der Waals surface area contributed by atoms with Gasteiger partial charge in [0.1, 0.15) is 5.82 Å². The van der Waals surface area contributed by atoms with E-state index < -0.39 is 0 Å². The van der Waals surface area contributed by atoms with Crippen molar-refractivity contribution in [3.8, 4) is 0 Å². The lowest BCUT2D eigenvalue weighted by molar-refractivity contribution is 0.302. The van der Waals surface area contributed by atoms with Crippen LogP contribution in [0.4, 0.5) is 11.8 Å². The molecular formula is C10H16N6O. The van der Waals surface area contributed by atoms with E-state index in [0.717, 1.165) is 17.7 Å². The van der Waals surface area contributed by atoms with Crippen molar-refractivity contribution in [2.24, 2.45) is 0 Å². The summed E-state index contributed by atoms with van der Waals surface area (Å²) in [5.41, 5.74) is 0.690. The van der Waals surface area contributed by atoms with Crippen LogP contribution in [0.2, 0.25) is 0 Å². The molecule has 2 aromatic heterocycles. The zero-order valence-electron chi connectivity index (χ0n) is 9.93. The fraction of sp³-hybridized carbons (Fsp3) is 0.500. The van der Waals surface area contributed by atoms with E-state index in [4.69, 9.17) is 5.11 Å². The SMILES string of the molecule is CCN(CCO)c1nc(NC)nc2[nH]ncc12. The number of likely N-dealkylation sites (N-methyl/N-ethyl adjacent to an activating group) is 1. The van der Waals surface area contributed by atoms with Crippen LogP contribution in [0.1, 0.15) is 6.92 Å². The molecule has 0 aromatic carbocycles. The lowest BCUT2D eigenvalue weighted by atomic mass is 10.3. The topological polar surface area (TPSA) is 90.0 Å². The molecule has 0 aliphatic carbocycles. The summed E-state index contributed by atoms with van der Waals surface area (Å²) in [7, 11) is 1.77. The van der Waals surface area contributed by atoms with Gasteiger partial charge in [-0.15, -0.1) is 0 Å². The highest BCUT2D eigenvalue weighted by Crippen LogP contribution is 2.23. The Labute approximate surface area is 98.9 Å². The van der Waals surface area contributed by atoms with Crippen LogP contribution in [0.15, 0.2) is 6.20 Å². The molecule has 7 nitrogen and oxygen atoms in total. The number of aliphatic hydroxyl groups excluding tert-OH is 1. The van der Waals surface area contributed by atoms with E-state index in [2.05, 4.69) is 25.5 Å². The second-order valence-corrected chi connectivity index (χ2v) is 3.56. The van der Waals surface area contributed by atoms with Crippen LogP contribution in [0.5, 0.6) is 0 Å². The first-order valence-corrected chi connectivity index (χ1v) is 5.54. The smallest absolute Gasteiger partial charge is 0.226 e. The average Bonchev–Trinajstić information content (AvgIpc) is 2.82. The lowest BCUT2D eigenvalue weighted by Crippen LogP contribution is -2.27. The van der Waals surface area contributed by atoms with Crippen LogP contribution in [-0.4, -0.2) is 52.0 Å². The number of aromatic nitrogens is 4. The lowest BCUT2D eigenvalue weighted by Gasteiger charge is -2.21. The van der Waals surface area contributed by atoms with Gasteiger partial charge < -0.3 is 15.3 Å². The molecule has 0 unspecified atom stereocenters. The summed E-state index contributed by atoms with van der Waals surface area (Å²) in [6.07, 6.45) is 1.70. The van der Waals surface area contributed by atoms with Gasteiger partial charge in [0, 0.05) is 20.1 Å². The summed E-state index contributed by atoms with van der Waals surface area (Å²) >= 11 is 0. The molecule has 2 aromatic rings. The van der Waals surface area contributed by atoms with Crippen molar-refractivity contribution in [3.63, 3.8) is 0 Å². The highest BCUT2D eigenvalue weighted by Gasteiger charge is 2.13. The summed E-state index contributed by atoms with van der Waals surface area (Å²) < 4.78 is 0. The average molecular weight is 236 g/mol. The maximum Gasteiger partial charge on any atom is 0.226 e. The number of fused-ring (bicyclic) bond motifs is 1. The molecule has 7 heteroatoms. The molecule has 0 aliphatic heterocycles. The maximum absolute atomic E-state index is 9.05. The number of nitrogens with one attached hydrogen (secondary N) is 2. The molecule has 17 heavy (non-hydrogen) atoms. The van der Waals surface area contributed by atoms with E-state index in [1.165, 1.54) is 0 Å². The van der Waals surface area contributed by atoms with Crippen LogP contribution in [-0.2, 0) is 0 Å². The Morgan fingerprint density at radius 3 is 2.94 bits per heavy atom. The Hall–Kier alpha value is -1.89. The molecule has 0 aliphatic rings. The van der Waals surface area contributed by atoms with Gasteiger partial charge in [0.2, 0.25) is 5.95 Å². The third-order valence-electron chi connectivity index (χ3n) is 2.56. The first-order chi connectivity index (χ1) is 8.30. The normalized spacial score (nSPS) is 10.8. The van der Waals surface area contributed by atoms with Crippen LogP contribution in [0, 0.1) is 0 Å². The zero-order chi connectivity index (χ0) is 12.3. The van der Waals surface area contributed by atoms with Gasteiger partial charge in [0.05, 0.1) is 18.2 Å². The predicted molar refractivity (Wildman–Crippen MR) is 66.2 cm³/mol. The van der Waals surface area contributed by atoms with Crippen molar-refractivity contribution >= 4 is 22.8 Å². The van der Waals surface area contributed by atoms with E-state index in [-0.39, 0.29) is 6.61 Å². The van der Waals surface area contributed by atoms with Crippen molar-refractivity contribution in [3.05, 3.63) is 6.20 Å². The summed E-state index contributed by atoms with van der Waals surface area (Å²) in [6, 6.07) is 0. The fourth-order valence-corrected chi connectivity index (χ4v) is 1.71. The molecule has 0 saturated heterocycles. The number of aromatic amines is 1. The van der Waals surface area contributed by atoms with Gasteiger partial charge >= 0.3 is 0 Å². The van der Waals surface area contributed by atoms with Crippen LogP contribution < -0.4 is 10.2 Å². The summed E-state index contributed by atoms with van der Waals surface area (Å²) in [4.78, 5) is 10.7. The maximum atomic E-state index is 9.05. The van der Waals surface area contributed by atoms with Crippen molar-refractivity contribution in [2.45, 2.75) is 6.92 Å². The molecule has 0 spiro atoms. The Morgan fingerprint density at radius 2 is 2.29 bits per heavy atom. The second kappa shape index (κ2) is 4.96. The molecular weight excluding hydrogens is 220 g/mol. The van der Waals surface area contributed by atoms with Gasteiger partial charge in [-0.1, -0.05) is 0 Å². The second-order valence-electron chi connectivity index (χ2n) is 3.56. The van der Waals surface area contributed by atoms with E-state index in [9.17, 15) is 0 Å². The standard InChI is InChI=1S/C10H16N6O/c1-3-16(4-5-17)9-7-6-12-15-8(7)13-10(11-2)14-9/h6,17H,3-5H2,1-2H3,(H2,11,12,13,14,15). The molecule has 3 N–H and O–H groups in total. The van der Waals surface area contributed by atoms with Gasteiger partial charge in [-0.25, -0.2) is 0 Å². The quantitative estimate of drug-likeness (QED) is 0.687. The highest BCUT2D eigenvalue weighted by atomic mass is 16.3. The van der Waals surface area contributed by atoms with E-state index in [1.54, 1.807) is 13.2 Å². The summed E-state index contributed by atoms with van der Waals surface area (Å²) in [5.74, 6) is 1.32.